The van der Waals surface area contributed by atoms with Gasteiger partial charge in [0.1, 0.15) is 29.5 Å². The van der Waals surface area contributed by atoms with Gasteiger partial charge in [-0.05, 0) is 79.6 Å². The number of aliphatic carboxylic acids is 1. The second-order valence-corrected chi connectivity index (χ2v) is 8.80. The minimum Gasteiger partial charge on any atom is -0.475 e. The number of aryl methyl sites for hydroxylation is 2. The molecule has 0 fully saturated rings. The van der Waals surface area contributed by atoms with Crippen LogP contribution in [0.1, 0.15) is 19.2 Å². The number of alkyl halides is 3. The number of nitrogens with one attached hydrogen (secondary N) is 1. The maximum Gasteiger partial charge on any atom is 0.490 e. The monoisotopic (exact) mass is 567 g/mol. The third kappa shape index (κ3) is 7.53. The number of carboxylic acids is 1. The quantitative estimate of drug-likeness (QED) is 0.218. The van der Waals surface area contributed by atoms with Gasteiger partial charge in [0.25, 0.3) is 0 Å². The molecular formula is C28H25F4N7O2. The highest BCUT2D eigenvalue weighted by molar-refractivity contribution is 5.81. The number of hydrogen-bond donors (Lipinski definition) is 2. The minimum atomic E-state index is -5.08. The van der Waals surface area contributed by atoms with Gasteiger partial charge < -0.3 is 10.4 Å². The third-order valence-electron chi connectivity index (χ3n) is 5.66. The molecule has 0 radical (unpaired) electrons. The first-order valence-corrected chi connectivity index (χ1v) is 12.4. The molecule has 0 aliphatic carbocycles. The number of nitrogens with zero attached hydrogens (tertiary/aromatic N) is 6. The van der Waals surface area contributed by atoms with Crippen molar-refractivity contribution >= 4 is 17.5 Å². The van der Waals surface area contributed by atoms with Crippen LogP contribution in [-0.4, -0.2) is 46.8 Å². The van der Waals surface area contributed by atoms with Gasteiger partial charge in [0.05, 0.1) is 5.69 Å². The van der Waals surface area contributed by atoms with Gasteiger partial charge >= 0.3 is 12.1 Å². The summed E-state index contributed by atoms with van der Waals surface area (Å²) in [6, 6.07) is 18.3. The Hall–Kier alpha value is -5.07. The second kappa shape index (κ2) is 12.4. The lowest BCUT2D eigenvalue weighted by Crippen LogP contribution is -2.21. The van der Waals surface area contributed by atoms with Crippen LogP contribution in [0.2, 0.25) is 0 Å². The van der Waals surface area contributed by atoms with Crippen LogP contribution in [-0.2, 0) is 11.3 Å². The number of benzene rings is 2. The number of rotatable bonds is 7. The van der Waals surface area contributed by atoms with Gasteiger partial charge in [-0.2, -0.15) is 23.4 Å². The summed E-state index contributed by atoms with van der Waals surface area (Å²) in [4.78, 5) is 17.6. The van der Waals surface area contributed by atoms with E-state index >= 15 is 0 Å². The molecule has 0 spiro atoms. The van der Waals surface area contributed by atoms with Gasteiger partial charge in [0.2, 0.25) is 0 Å². The molecule has 0 aliphatic rings. The van der Waals surface area contributed by atoms with Gasteiger partial charge in [-0.15, -0.1) is 0 Å². The first-order chi connectivity index (χ1) is 19.5. The molecule has 0 unspecified atom stereocenters. The molecule has 13 heteroatoms. The maximum atomic E-state index is 13.5. The molecule has 3 heterocycles. The van der Waals surface area contributed by atoms with E-state index < -0.39 is 12.1 Å². The molecule has 212 valence electrons. The molecule has 5 rings (SSSR count). The SMILES string of the molecule is CCCn1cc(-c2ccnc(Nc3ccc(-n4cnc(C)n4)cc3)c2)c(-c2ccc(F)cc2)n1.O=C(O)C(F)(F)F. The van der Waals surface area contributed by atoms with E-state index in [1.54, 1.807) is 29.3 Å². The van der Waals surface area contributed by atoms with Crippen LogP contribution >= 0.6 is 0 Å². The Bertz CT molecular complexity index is 1610. The van der Waals surface area contributed by atoms with E-state index in [4.69, 9.17) is 15.0 Å². The summed E-state index contributed by atoms with van der Waals surface area (Å²) < 4.78 is 48.9. The minimum absolute atomic E-state index is 0.265. The van der Waals surface area contributed by atoms with Crippen LogP contribution in [0, 0.1) is 12.7 Å². The fourth-order valence-electron chi connectivity index (χ4n) is 3.78. The van der Waals surface area contributed by atoms with Gasteiger partial charge in [-0.25, -0.2) is 23.8 Å². The number of carbonyl (C=O) groups is 1. The Balaban J connectivity index is 0.000000493. The normalized spacial score (nSPS) is 11.1. The van der Waals surface area contributed by atoms with Crippen LogP contribution in [0.25, 0.3) is 28.1 Å². The second-order valence-electron chi connectivity index (χ2n) is 8.80. The lowest BCUT2D eigenvalue weighted by atomic mass is 10.0. The Morgan fingerprint density at radius 3 is 2.24 bits per heavy atom. The Labute approximate surface area is 232 Å². The van der Waals surface area contributed by atoms with E-state index in [0.717, 1.165) is 58.4 Å². The number of halogens is 4. The molecule has 0 bridgehead atoms. The summed E-state index contributed by atoms with van der Waals surface area (Å²) >= 11 is 0. The van der Waals surface area contributed by atoms with Crippen molar-refractivity contribution in [3.63, 3.8) is 0 Å². The Morgan fingerprint density at radius 1 is 0.976 bits per heavy atom. The molecule has 2 aromatic carbocycles. The van der Waals surface area contributed by atoms with Gasteiger partial charge in [0, 0.05) is 35.8 Å². The highest BCUT2D eigenvalue weighted by Gasteiger charge is 2.38. The molecule has 2 N–H and O–H groups in total. The molecular weight excluding hydrogens is 542 g/mol. The molecule has 0 saturated heterocycles. The number of hydrogen-bond acceptors (Lipinski definition) is 6. The zero-order valence-electron chi connectivity index (χ0n) is 22.0. The summed E-state index contributed by atoms with van der Waals surface area (Å²) in [6.07, 6.45) is 1.39. The van der Waals surface area contributed by atoms with E-state index in [9.17, 15) is 17.6 Å². The molecule has 41 heavy (non-hydrogen) atoms. The molecule has 9 nitrogen and oxygen atoms in total. The average Bonchev–Trinajstić information content (AvgIpc) is 3.56. The van der Waals surface area contributed by atoms with Crippen molar-refractivity contribution in [1.82, 2.24) is 29.5 Å². The number of carboxylic acid groups (broad SMARTS) is 1. The zero-order valence-corrected chi connectivity index (χ0v) is 22.0. The van der Waals surface area contributed by atoms with E-state index in [0.29, 0.717) is 0 Å². The topological polar surface area (TPSA) is 111 Å². The zero-order chi connectivity index (χ0) is 29.6. The third-order valence-corrected chi connectivity index (χ3v) is 5.66. The standard InChI is InChI=1S/C26H24FN7.C2HF3O2/c1-3-14-33-16-24(26(32-33)19-4-6-21(27)7-5-19)20-12-13-28-25(15-20)30-22-8-10-23(11-9-22)34-17-29-18(2)31-34;3-2(4,5)1(6)7/h4-13,15-17H,3,14H2,1-2H3,(H,28,30);(H,6,7). The van der Waals surface area contributed by atoms with Crippen molar-refractivity contribution in [1.29, 1.82) is 0 Å². The summed E-state index contributed by atoms with van der Waals surface area (Å²) in [5.41, 5.74) is 5.48. The summed E-state index contributed by atoms with van der Waals surface area (Å²) in [6.45, 7) is 4.78. The van der Waals surface area contributed by atoms with Crippen molar-refractivity contribution < 1.29 is 27.5 Å². The fraction of sp³-hybridized carbons (Fsp3) is 0.179. The summed E-state index contributed by atoms with van der Waals surface area (Å²) in [5, 5.41) is 19.6. The van der Waals surface area contributed by atoms with E-state index in [1.165, 1.54) is 12.1 Å². The van der Waals surface area contributed by atoms with E-state index in [-0.39, 0.29) is 5.82 Å². The lowest BCUT2D eigenvalue weighted by Gasteiger charge is -2.09. The van der Waals surface area contributed by atoms with Crippen LogP contribution in [0.3, 0.4) is 0 Å². The Kier molecular flexibility index (Phi) is 8.75. The predicted molar refractivity (Wildman–Crippen MR) is 144 cm³/mol. The van der Waals surface area contributed by atoms with Crippen molar-refractivity contribution in [3.05, 3.63) is 91.0 Å². The van der Waals surface area contributed by atoms with Crippen LogP contribution in [0.5, 0.6) is 0 Å². The average molecular weight is 568 g/mol. The van der Waals surface area contributed by atoms with Crippen molar-refractivity contribution in [2.45, 2.75) is 33.0 Å². The summed E-state index contributed by atoms with van der Waals surface area (Å²) in [7, 11) is 0. The highest BCUT2D eigenvalue weighted by atomic mass is 19.4. The summed E-state index contributed by atoms with van der Waals surface area (Å²) in [5.74, 6) is -1.58. The number of pyridine rings is 1. The van der Waals surface area contributed by atoms with Gasteiger partial charge in [-0.3, -0.25) is 4.68 Å². The van der Waals surface area contributed by atoms with Crippen LogP contribution in [0.15, 0.2) is 79.4 Å². The molecule has 0 aliphatic heterocycles. The highest BCUT2D eigenvalue weighted by Crippen LogP contribution is 2.32. The van der Waals surface area contributed by atoms with E-state index in [1.807, 2.05) is 54.2 Å². The van der Waals surface area contributed by atoms with Crippen molar-refractivity contribution in [2.75, 3.05) is 5.32 Å². The first-order valence-electron chi connectivity index (χ1n) is 12.4. The van der Waals surface area contributed by atoms with E-state index in [2.05, 4.69) is 27.3 Å². The number of anilines is 2. The molecule has 0 amide bonds. The molecule has 0 atom stereocenters. The van der Waals surface area contributed by atoms with Crippen molar-refractivity contribution in [2.24, 2.45) is 0 Å². The largest absolute Gasteiger partial charge is 0.490 e. The lowest BCUT2D eigenvalue weighted by molar-refractivity contribution is -0.192. The molecule has 0 saturated carbocycles. The fourth-order valence-corrected chi connectivity index (χ4v) is 3.78. The van der Waals surface area contributed by atoms with Crippen molar-refractivity contribution in [3.8, 4) is 28.1 Å². The predicted octanol–water partition coefficient (Wildman–Crippen LogP) is 6.43. The van der Waals surface area contributed by atoms with Gasteiger partial charge in [-0.1, -0.05) is 6.92 Å². The maximum absolute atomic E-state index is 13.5. The molecule has 5 aromatic rings. The van der Waals surface area contributed by atoms with Crippen LogP contribution < -0.4 is 5.32 Å². The van der Waals surface area contributed by atoms with Gasteiger partial charge in [0.15, 0.2) is 0 Å². The Morgan fingerprint density at radius 2 is 1.66 bits per heavy atom. The smallest absolute Gasteiger partial charge is 0.475 e. The first kappa shape index (κ1) is 28.9. The molecule has 3 aromatic heterocycles. The van der Waals surface area contributed by atoms with Crippen LogP contribution in [0.4, 0.5) is 29.1 Å². The number of aromatic nitrogens is 6.